The average molecular weight is 357 g/mol. The van der Waals surface area contributed by atoms with Crippen molar-refractivity contribution in [2.24, 2.45) is 0 Å². The van der Waals surface area contributed by atoms with Crippen molar-refractivity contribution in [3.8, 4) is 0 Å². The molecule has 0 N–H and O–H groups in total. The van der Waals surface area contributed by atoms with E-state index >= 15 is 0 Å². The first-order chi connectivity index (χ1) is 11.4. The van der Waals surface area contributed by atoms with E-state index in [1.54, 1.807) is 0 Å². The molecule has 0 spiro atoms. The molecule has 0 radical (unpaired) electrons. The molecule has 0 aromatic rings. The van der Waals surface area contributed by atoms with Crippen LogP contribution < -0.4 is 0 Å². The lowest BCUT2D eigenvalue weighted by molar-refractivity contribution is -0.00802. The van der Waals surface area contributed by atoms with Crippen LogP contribution in [0.5, 0.6) is 0 Å². The van der Waals surface area contributed by atoms with E-state index in [1.807, 2.05) is 46.4 Å². The quantitative estimate of drug-likeness (QED) is 0.622. The van der Waals surface area contributed by atoms with Crippen LogP contribution in [-0.2, 0) is 4.74 Å². The van der Waals surface area contributed by atoms with Crippen LogP contribution in [-0.4, -0.2) is 35.7 Å². The molecule has 2 rings (SSSR count). The molecule has 2 nitrogen and oxygen atoms in total. The van der Waals surface area contributed by atoms with E-state index in [9.17, 15) is 13.2 Å². The molecule has 1 heterocycles. The summed E-state index contributed by atoms with van der Waals surface area (Å²) in [7, 11) is 0. The molecule has 142 valence electrons. The molecule has 2 fully saturated rings. The van der Waals surface area contributed by atoms with Gasteiger partial charge in [0.2, 0.25) is 0 Å². The summed E-state index contributed by atoms with van der Waals surface area (Å²) in [5, 5.41) is 0. The second-order valence-electron chi connectivity index (χ2n) is 7.97. The van der Waals surface area contributed by atoms with E-state index in [-0.39, 0.29) is 19.4 Å². The van der Waals surface area contributed by atoms with Gasteiger partial charge in [-0.15, -0.1) is 0 Å². The zero-order valence-corrected chi connectivity index (χ0v) is 16.3. The van der Waals surface area contributed by atoms with Gasteiger partial charge >= 0.3 is 0 Å². The maximum atomic E-state index is 14.2. The summed E-state index contributed by atoms with van der Waals surface area (Å²) in [5.41, 5.74) is 4.72. The lowest BCUT2D eigenvalue weighted by Crippen LogP contribution is -2.42. The Hall–Kier alpha value is -1.39. The summed E-state index contributed by atoms with van der Waals surface area (Å²) in [4.78, 5) is 1.84. The number of rotatable bonds is 2. The van der Waals surface area contributed by atoms with Crippen LogP contribution in [0.15, 0.2) is 33.7 Å². The maximum Gasteiger partial charge on any atom is 0.253 e. The zero-order valence-electron chi connectivity index (χ0n) is 16.3. The summed E-state index contributed by atoms with van der Waals surface area (Å²) < 4.78 is 48.4. The van der Waals surface area contributed by atoms with Crippen molar-refractivity contribution >= 4 is 0 Å². The molecule has 1 saturated carbocycles. The van der Waals surface area contributed by atoms with Gasteiger partial charge in [-0.3, -0.25) is 0 Å². The van der Waals surface area contributed by atoms with Gasteiger partial charge < -0.3 is 9.64 Å². The molecule has 3 atom stereocenters. The Morgan fingerprint density at radius 3 is 2.12 bits per heavy atom. The highest BCUT2D eigenvalue weighted by atomic mass is 19.3. The molecule has 1 aliphatic heterocycles. The van der Waals surface area contributed by atoms with Gasteiger partial charge in [-0.1, -0.05) is 11.1 Å². The highest BCUT2D eigenvalue weighted by Crippen LogP contribution is 2.47. The lowest BCUT2D eigenvalue weighted by Gasteiger charge is -2.35. The molecule has 3 unspecified atom stereocenters. The van der Waals surface area contributed by atoms with Gasteiger partial charge in [0.05, 0.1) is 12.5 Å². The van der Waals surface area contributed by atoms with Crippen LogP contribution >= 0.6 is 0 Å². The summed E-state index contributed by atoms with van der Waals surface area (Å²) in [6.07, 6.45) is -2.37. The Morgan fingerprint density at radius 1 is 1.08 bits per heavy atom. The maximum absolute atomic E-state index is 14.2. The fourth-order valence-corrected chi connectivity index (χ4v) is 3.88. The molecular weight excluding hydrogens is 327 g/mol. The Labute approximate surface area is 149 Å². The van der Waals surface area contributed by atoms with Crippen LogP contribution in [0.2, 0.25) is 0 Å². The fourth-order valence-electron chi connectivity index (χ4n) is 3.88. The van der Waals surface area contributed by atoms with Gasteiger partial charge in [0, 0.05) is 24.2 Å². The number of nitrogens with zero attached hydrogens (tertiary/aromatic N) is 1. The van der Waals surface area contributed by atoms with Crippen molar-refractivity contribution in [3.05, 3.63) is 33.7 Å². The summed E-state index contributed by atoms with van der Waals surface area (Å²) in [6, 6.07) is -0.524. The van der Waals surface area contributed by atoms with Crippen molar-refractivity contribution in [2.45, 2.75) is 85.5 Å². The van der Waals surface area contributed by atoms with Gasteiger partial charge in [0.25, 0.3) is 5.92 Å². The molecular formula is C20H30F3NO. The predicted octanol–water partition coefficient (Wildman–Crippen LogP) is 5.77. The number of ether oxygens (including phenoxy) is 1. The molecule has 0 aromatic carbocycles. The van der Waals surface area contributed by atoms with E-state index in [0.29, 0.717) is 5.76 Å². The van der Waals surface area contributed by atoms with Gasteiger partial charge in [0.15, 0.2) is 0 Å². The largest absolute Gasteiger partial charge is 0.487 e. The number of hydrogen-bond donors (Lipinski definition) is 0. The first-order valence-electron chi connectivity index (χ1n) is 8.93. The lowest BCUT2D eigenvalue weighted by atomic mass is 9.97. The van der Waals surface area contributed by atoms with Gasteiger partial charge in [-0.25, -0.2) is 13.2 Å². The van der Waals surface area contributed by atoms with E-state index in [4.69, 9.17) is 4.74 Å². The number of alkyl halides is 3. The van der Waals surface area contributed by atoms with Gasteiger partial charge in [-0.2, -0.15) is 0 Å². The number of hydrogen-bond acceptors (Lipinski definition) is 2. The Balaban J connectivity index is 2.71. The third-order valence-corrected chi connectivity index (χ3v) is 4.73. The van der Waals surface area contributed by atoms with Crippen molar-refractivity contribution in [2.75, 3.05) is 6.54 Å². The molecule has 1 aliphatic carbocycles. The Bertz CT molecular complexity index is 619. The fraction of sp³-hybridized carbons (Fsp3) is 0.700. The molecule has 25 heavy (non-hydrogen) atoms. The van der Waals surface area contributed by atoms with Crippen LogP contribution in [0.1, 0.15) is 61.3 Å². The molecule has 0 bridgehead atoms. The number of halogens is 3. The molecule has 5 heteroatoms. The molecule has 0 amide bonds. The van der Waals surface area contributed by atoms with Crippen molar-refractivity contribution in [1.29, 1.82) is 0 Å². The van der Waals surface area contributed by atoms with E-state index < -0.39 is 24.2 Å². The number of allylic oxidation sites excluding steroid dienone is 3. The minimum atomic E-state index is -2.78. The summed E-state index contributed by atoms with van der Waals surface area (Å²) >= 11 is 0. The van der Waals surface area contributed by atoms with Crippen LogP contribution in [0.4, 0.5) is 13.2 Å². The molecule has 0 aromatic heterocycles. The smallest absolute Gasteiger partial charge is 0.253 e. The van der Waals surface area contributed by atoms with Gasteiger partial charge in [-0.05, 0) is 54.0 Å². The summed E-state index contributed by atoms with van der Waals surface area (Å²) in [6.45, 7) is 13.3. The minimum absolute atomic E-state index is 0.0912. The first-order valence-corrected chi connectivity index (χ1v) is 8.93. The predicted molar refractivity (Wildman–Crippen MR) is 95.2 cm³/mol. The molecule has 1 saturated heterocycles. The standard InChI is InChI=1S/C20H30F3NO/c1-11(2)17-18(12(3)4)24(10-14(7)21)15-8-20(22,23)9-16(15)25-19(17)13(5)6/h14-16H,8-10H2,1-7H3. The Morgan fingerprint density at radius 2 is 1.68 bits per heavy atom. The highest BCUT2D eigenvalue weighted by molar-refractivity contribution is 5.50. The third kappa shape index (κ3) is 4.06. The molecule has 2 aliphatic rings. The van der Waals surface area contributed by atoms with Gasteiger partial charge in [0.1, 0.15) is 18.0 Å². The van der Waals surface area contributed by atoms with Crippen molar-refractivity contribution in [1.82, 2.24) is 4.90 Å². The first kappa shape index (κ1) is 19.9. The van der Waals surface area contributed by atoms with Crippen LogP contribution in [0, 0.1) is 0 Å². The van der Waals surface area contributed by atoms with Crippen LogP contribution in [0.25, 0.3) is 0 Å². The van der Waals surface area contributed by atoms with E-state index in [0.717, 1.165) is 28.0 Å². The van der Waals surface area contributed by atoms with Crippen molar-refractivity contribution < 1.29 is 17.9 Å². The topological polar surface area (TPSA) is 12.5 Å². The third-order valence-electron chi connectivity index (χ3n) is 4.73. The SMILES string of the molecule is CC(C)=C1OC2CC(F)(F)CC2N(CC(C)F)C(=C(C)C)C1=C(C)C. The zero-order chi connectivity index (χ0) is 19.1. The Kier molecular flexibility index (Phi) is 5.65. The minimum Gasteiger partial charge on any atom is -0.487 e. The second kappa shape index (κ2) is 7.08. The van der Waals surface area contributed by atoms with E-state index in [1.165, 1.54) is 6.92 Å². The highest BCUT2D eigenvalue weighted by Gasteiger charge is 2.52. The second-order valence-corrected chi connectivity index (χ2v) is 7.97. The number of fused-ring (bicyclic) bond motifs is 1. The average Bonchev–Trinajstić information content (AvgIpc) is 2.67. The summed E-state index contributed by atoms with van der Waals surface area (Å²) in [5.74, 6) is -2.12. The van der Waals surface area contributed by atoms with Crippen LogP contribution in [0.3, 0.4) is 0 Å². The monoisotopic (exact) mass is 357 g/mol. The normalized spacial score (nSPS) is 26.8. The van der Waals surface area contributed by atoms with E-state index in [2.05, 4.69) is 0 Å². The van der Waals surface area contributed by atoms with Crippen molar-refractivity contribution in [3.63, 3.8) is 0 Å².